The zero-order chi connectivity index (χ0) is 25.1. The minimum Gasteiger partial charge on any atom is -0.457 e. The number of ether oxygens (including phenoxy) is 3. The highest BCUT2D eigenvalue weighted by Crippen LogP contribution is 2.56. The molecule has 1 aliphatic heterocycles. The first-order valence-electron chi connectivity index (χ1n) is 13.4. The van der Waals surface area contributed by atoms with Gasteiger partial charge in [-0.25, -0.2) is 4.79 Å². The third-order valence-electron chi connectivity index (χ3n) is 8.69. The molecule has 1 saturated carbocycles. The highest BCUT2D eigenvalue weighted by atomic mass is 16.7. The van der Waals surface area contributed by atoms with Crippen molar-refractivity contribution in [2.45, 2.75) is 76.9 Å². The quantitative estimate of drug-likeness (QED) is 0.351. The number of carbonyl (C=O) groups is 2. The number of benzene rings is 2. The maximum atomic E-state index is 13.2. The molecule has 1 unspecified atom stereocenters. The van der Waals surface area contributed by atoms with E-state index in [4.69, 9.17) is 14.2 Å². The largest absolute Gasteiger partial charge is 0.457 e. The predicted octanol–water partition coefficient (Wildman–Crippen LogP) is 6.01. The SMILES string of the molecule is CCC(C)C(=O)OCOc1ccc2c(c1)[C@]13CCCC[C@@H]1[C@H](C2)N(C(=O)OCc1ccccc1)CC3. The molecule has 1 saturated heterocycles. The Morgan fingerprint density at radius 3 is 2.72 bits per heavy atom. The summed E-state index contributed by atoms with van der Waals surface area (Å²) in [6, 6.07) is 16.3. The lowest BCUT2D eigenvalue weighted by Crippen LogP contribution is -2.62. The Morgan fingerprint density at radius 2 is 1.92 bits per heavy atom. The maximum Gasteiger partial charge on any atom is 0.410 e. The molecule has 6 nitrogen and oxygen atoms in total. The fraction of sp³-hybridized carbons (Fsp3) is 0.533. The first kappa shape index (κ1) is 24.7. The van der Waals surface area contributed by atoms with Crippen LogP contribution < -0.4 is 4.74 Å². The number of amides is 1. The molecule has 3 aliphatic rings. The van der Waals surface area contributed by atoms with Gasteiger partial charge in [-0.15, -0.1) is 0 Å². The van der Waals surface area contributed by atoms with Gasteiger partial charge in [0.1, 0.15) is 12.4 Å². The van der Waals surface area contributed by atoms with E-state index in [1.807, 2.05) is 55.1 Å². The molecular formula is C30H37NO5. The molecule has 0 N–H and O–H groups in total. The zero-order valence-corrected chi connectivity index (χ0v) is 21.4. The van der Waals surface area contributed by atoms with Gasteiger partial charge in [0.25, 0.3) is 0 Å². The van der Waals surface area contributed by atoms with Crippen LogP contribution in [0.25, 0.3) is 0 Å². The van der Waals surface area contributed by atoms with Crippen molar-refractivity contribution in [3.05, 3.63) is 65.2 Å². The molecule has 5 rings (SSSR count). The van der Waals surface area contributed by atoms with Gasteiger partial charge in [0.05, 0.1) is 5.92 Å². The van der Waals surface area contributed by atoms with E-state index in [0.717, 1.165) is 43.4 Å². The molecule has 0 aromatic heterocycles. The monoisotopic (exact) mass is 491 g/mol. The molecule has 4 atom stereocenters. The lowest BCUT2D eigenvalue weighted by molar-refractivity contribution is -0.154. The van der Waals surface area contributed by atoms with Crippen LogP contribution in [0.15, 0.2) is 48.5 Å². The average molecular weight is 492 g/mol. The summed E-state index contributed by atoms with van der Waals surface area (Å²) in [4.78, 5) is 27.2. The molecule has 2 fully saturated rings. The topological polar surface area (TPSA) is 65.1 Å². The molecule has 2 bridgehead atoms. The molecule has 0 spiro atoms. The van der Waals surface area contributed by atoms with Gasteiger partial charge < -0.3 is 19.1 Å². The third-order valence-corrected chi connectivity index (χ3v) is 8.69. The normalized spacial score (nSPS) is 25.2. The summed E-state index contributed by atoms with van der Waals surface area (Å²) >= 11 is 0. The summed E-state index contributed by atoms with van der Waals surface area (Å²) in [5, 5.41) is 0. The van der Waals surface area contributed by atoms with Crippen LogP contribution in [0.4, 0.5) is 4.79 Å². The van der Waals surface area contributed by atoms with Crippen molar-refractivity contribution in [1.82, 2.24) is 4.90 Å². The second-order valence-electron chi connectivity index (χ2n) is 10.6. The van der Waals surface area contributed by atoms with Gasteiger partial charge in [-0.3, -0.25) is 4.79 Å². The number of nitrogens with zero attached hydrogens (tertiary/aromatic N) is 1. The first-order valence-corrected chi connectivity index (χ1v) is 13.4. The Balaban J connectivity index is 1.32. The summed E-state index contributed by atoms with van der Waals surface area (Å²) in [6.07, 6.45) is 7.00. The Hall–Kier alpha value is -3.02. The number of hydrogen-bond donors (Lipinski definition) is 0. The second kappa shape index (κ2) is 10.5. The molecule has 192 valence electrons. The second-order valence-corrected chi connectivity index (χ2v) is 10.6. The van der Waals surface area contributed by atoms with Gasteiger partial charge in [0.2, 0.25) is 6.79 Å². The molecule has 6 heteroatoms. The number of piperidine rings is 1. The number of rotatable bonds is 7. The predicted molar refractivity (Wildman–Crippen MR) is 137 cm³/mol. The molecule has 1 heterocycles. The molecule has 0 radical (unpaired) electrons. The summed E-state index contributed by atoms with van der Waals surface area (Å²) < 4.78 is 16.9. The van der Waals surface area contributed by atoms with Crippen LogP contribution in [0.3, 0.4) is 0 Å². The van der Waals surface area contributed by atoms with E-state index >= 15 is 0 Å². The number of likely N-dealkylation sites (tertiary alicyclic amines) is 1. The van der Waals surface area contributed by atoms with Crippen LogP contribution in [0.1, 0.15) is 69.1 Å². The summed E-state index contributed by atoms with van der Waals surface area (Å²) in [5.41, 5.74) is 3.74. The van der Waals surface area contributed by atoms with Gasteiger partial charge in [-0.1, -0.05) is 63.1 Å². The minimum absolute atomic E-state index is 0.0674. The van der Waals surface area contributed by atoms with Gasteiger partial charge in [-0.05, 0) is 66.8 Å². The average Bonchev–Trinajstić information content (AvgIpc) is 2.92. The van der Waals surface area contributed by atoms with Crippen molar-refractivity contribution in [2.24, 2.45) is 11.8 Å². The van der Waals surface area contributed by atoms with Crippen LogP contribution in [-0.2, 0) is 32.7 Å². The maximum absolute atomic E-state index is 13.2. The van der Waals surface area contributed by atoms with E-state index in [1.54, 1.807) is 0 Å². The van der Waals surface area contributed by atoms with Gasteiger partial charge in [-0.2, -0.15) is 0 Å². The molecule has 36 heavy (non-hydrogen) atoms. The standard InChI is InChI=1S/C30H37NO5/c1-3-21(2)28(32)36-20-35-24-13-12-23-17-27-25-11-7-8-14-30(25,26(23)18-24)15-16-31(27)29(33)34-19-22-9-5-4-6-10-22/h4-6,9-10,12-13,18,21,25,27H,3,7-8,11,14-17,19-20H2,1-2H3/t21?,25-,27+,30+/m1/s1. The molecular weight excluding hydrogens is 454 g/mol. The van der Waals surface area contributed by atoms with E-state index in [2.05, 4.69) is 12.1 Å². The smallest absolute Gasteiger partial charge is 0.410 e. The molecule has 2 aromatic rings. The van der Waals surface area contributed by atoms with Crippen LogP contribution >= 0.6 is 0 Å². The van der Waals surface area contributed by atoms with Crippen LogP contribution in [0.2, 0.25) is 0 Å². The van der Waals surface area contributed by atoms with Crippen molar-refractivity contribution in [2.75, 3.05) is 13.3 Å². The van der Waals surface area contributed by atoms with E-state index < -0.39 is 0 Å². The fourth-order valence-electron chi connectivity index (χ4n) is 6.57. The first-order chi connectivity index (χ1) is 17.5. The molecule has 2 aliphatic carbocycles. The number of carbonyl (C=O) groups excluding carboxylic acids is 2. The molecule has 2 aromatic carbocycles. The van der Waals surface area contributed by atoms with Crippen molar-refractivity contribution < 1.29 is 23.8 Å². The lowest BCUT2D eigenvalue weighted by atomic mass is 9.52. The Bertz CT molecular complexity index is 1090. The minimum atomic E-state index is -0.226. The lowest BCUT2D eigenvalue weighted by Gasteiger charge is -2.58. The van der Waals surface area contributed by atoms with Crippen molar-refractivity contribution in [3.63, 3.8) is 0 Å². The van der Waals surface area contributed by atoms with Gasteiger partial charge in [0.15, 0.2) is 0 Å². The molecule has 1 amide bonds. The number of esters is 1. The highest BCUT2D eigenvalue weighted by Gasteiger charge is 2.55. The van der Waals surface area contributed by atoms with E-state index in [0.29, 0.717) is 19.1 Å². The van der Waals surface area contributed by atoms with Crippen LogP contribution in [0, 0.1) is 11.8 Å². The van der Waals surface area contributed by atoms with E-state index in [1.165, 1.54) is 24.0 Å². The summed E-state index contributed by atoms with van der Waals surface area (Å²) in [7, 11) is 0. The zero-order valence-electron chi connectivity index (χ0n) is 21.4. The van der Waals surface area contributed by atoms with E-state index in [9.17, 15) is 9.59 Å². The summed E-state index contributed by atoms with van der Waals surface area (Å²) in [6.45, 7) is 4.78. The van der Waals surface area contributed by atoms with Crippen molar-refractivity contribution >= 4 is 12.1 Å². The number of fused-ring (bicyclic) bond motifs is 1. The third kappa shape index (κ3) is 4.70. The van der Waals surface area contributed by atoms with Gasteiger partial charge in [0, 0.05) is 18.0 Å². The Morgan fingerprint density at radius 1 is 1.08 bits per heavy atom. The Kier molecular flexibility index (Phi) is 7.22. The highest BCUT2D eigenvalue weighted by molar-refractivity contribution is 5.71. The van der Waals surface area contributed by atoms with Crippen LogP contribution in [0.5, 0.6) is 5.75 Å². The fourth-order valence-corrected chi connectivity index (χ4v) is 6.57. The van der Waals surface area contributed by atoms with E-state index in [-0.39, 0.29) is 36.2 Å². The van der Waals surface area contributed by atoms with Crippen molar-refractivity contribution in [1.29, 1.82) is 0 Å². The Labute approximate surface area is 213 Å². The summed E-state index contributed by atoms with van der Waals surface area (Å²) in [5.74, 6) is 0.819. The van der Waals surface area contributed by atoms with Crippen LogP contribution in [-0.4, -0.2) is 36.3 Å². The van der Waals surface area contributed by atoms with Gasteiger partial charge >= 0.3 is 12.1 Å². The van der Waals surface area contributed by atoms with Crippen molar-refractivity contribution in [3.8, 4) is 5.75 Å². The number of hydrogen-bond acceptors (Lipinski definition) is 5.